The number of nitrogens with one attached hydrogen (secondary N) is 1. The van der Waals surface area contributed by atoms with Crippen molar-refractivity contribution in [3.8, 4) is 0 Å². The van der Waals surface area contributed by atoms with Gasteiger partial charge in [-0.3, -0.25) is 4.79 Å². The fourth-order valence-corrected chi connectivity index (χ4v) is 1.26. The minimum absolute atomic E-state index is 0.127. The molecule has 0 aliphatic heterocycles. The summed E-state index contributed by atoms with van der Waals surface area (Å²) in [6, 6.07) is 7.39. The van der Waals surface area contributed by atoms with Crippen LogP contribution in [0.3, 0.4) is 0 Å². The first kappa shape index (κ1) is 13.7. The second-order valence-electron chi connectivity index (χ2n) is 4.34. The summed E-state index contributed by atoms with van der Waals surface area (Å²) >= 11 is 0. The molecule has 0 aliphatic carbocycles. The molecule has 94 valence electrons. The van der Waals surface area contributed by atoms with Gasteiger partial charge >= 0.3 is 0 Å². The maximum Gasteiger partial charge on any atom is 0.256 e. The van der Waals surface area contributed by atoms with Crippen LogP contribution in [-0.4, -0.2) is 30.3 Å². The summed E-state index contributed by atoms with van der Waals surface area (Å²) in [5.41, 5.74) is 0.919. The van der Waals surface area contributed by atoms with Crippen LogP contribution >= 0.6 is 0 Å². The molecule has 4 heteroatoms. The minimum atomic E-state index is -0.843. The molecule has 0 unspecified atom stereocenters. The Morgan fingerprint density at radius 1 is 1.35 bits per heavy atom. The Labute approximate surface area is 102 Å². The lowest BCUT2D eigenvalue weighted by atomic mass is 10.1. The smallest absolute Gasteiger partial charge is 0.256 e. The summed E-state index contributed by atoms with van der Waals surface area (Å²) in [7, 11) is 1.50. The third kappa shape index (κ3) is 3.84. The van der Waals surface area contributed by atoms with Crippen LogP contribution in [0.5, 0.6) is 0 Å². The average molecular weight is 237 g/mol. The number of benzene rings is 1. The van der Waals surface area contributed by atoms with E-state index in [1.165, 1.54) is 7.11 Å². The van der Waals surface area contributed by atoms with Crippen molar-refractivity contribution in [2.75, 3.05) is 19.0 Å². The SMILES string of the molecule is COC(C)(C)C(=O)Nc1ccc(CCO)cc1. The molecular formula is C13H19NO3. The Kier molecular flexibility index (Phi) is 4.66. The molecule has 1 amide bonds. The van der Waals surface area contributed by atoms with Crippen molar-refractivity contribution >= 4 is 11.6 Å². The van der Waals surface area contributed by atoms with E-state index in [0.717, 1.165) is 11.3 Å². The van der Waals surface area contributed by atoms with Gasteiger partial charge in [-0.05, 0) is 38.0 Å². The van der Waals surface area contributed by atoms with Crippen LogP contribution in [0.4, 0.5) is 5.69 Å². The van der Waals surface area contributed by atoms with Gasteiger partial charge in [-0.25, -0.2) is 0 Å². The van der Waals surface area contributed by atoms with Gasteiger partial charge < -0.3 is 15.2 Å². The zero-order chi connectivity index (χ0) is 12.9. The van der Waals surface area contributed by atoms with Crippen LogP contribution in [0.15, 0.2) is 24.3 Å². The Balaban J connectivity index is 2.66. The van der Waals surface area contributed by atoms with E-state index in [9.17, 15) is 4.79 Å². The largest absolute Gasteiger partial charge is 0.396 e. The molecule has 0 aromatic heterocycles. The standard InChI is InChI=1S/C13H19NO3/c1-13(2,17-3)12(16)14-11-6-4-10(5-7-11)8-9-15/h4-7,15H,8-9H2,1-3H3,(H,14,16). The second kappa shape index (κ2) is 5.80. The van der Waals surface area contributed by atoms with Crippen LogP contribution < -0.4 is 5.32 Å². The highest BCUT2D eigenvalue weighted by molar-refractivity contribution is 5.96. The maximum absolute atomic E-state index is 11.8. The van der Waals surface area contributed by atoms with Gasteiger partial charge in [0.15, 0.2) is 0 Å². The lowest BCUT2D eigenvalue weighted by Crippen LogP contribution is -2.38. The van der Waals surface area contributed by atoms with Gasteiger partial charge in [0, 0.05) is 19.4 Å². The highest BCUT2D eigenvalue weighted by Gasteiger charge is 2.26. The number of anilines is 1. The number of methoxy groups -OCH3 is 1. The molecule has 0 bridgehead atoms. The van der Waals surface area contributed by atoms with Gasteiger partial charge in [0.05, 0.1) is 0 Å². The summed E-state index contributed by atoms with van der Waals surface area (Å²) in [5.74, 6) is -0.185. The summed E-state index contributed by atoms with van der Waals surface area (Å²) in [6.07, 6.45) is 0.623. The van der Waals surface area contributed by atoms with Crippen molar-refractivity contribution in [2.24, 2.45) is 0 Å². The molecular weight excluding hydrogens is 218 g/mol. The number of carbonyl (C=O) groups excluding carboxylic acids is 1. The fourth-order valence-electron chi connectivity index (χ4n) is 1.26. The summed E-state index contributed by atoms with van der Waals surface area (Å²) in [6.45, 7) is 3.55. The molecule has 0 radical (unpaired) electrons. The third-order valence-corrected chi connectivity index (χ3v) is 2.67. The molecule has 4 nitrogen and oxygen atoms in total. The van der Waals surface area contributed by atoms with E-state index in [-0.39, 0.29) is 12.5 Å². The summed E-state index contributed by atoms with van der Waals surface area (Å²) in [5, 5.41) is 11.6. The molecule has 1 aromatic rings. The van der Waals surface area contributed by atoms with Gasteiger partial charge in [-0.2, -0.15) is 0 Å². The highest BCUT2D eigenvalue weighted by atomic mass is 16.5. The molecule has 1 aromatic carbocycles. The Bertz CT molecular complexity index is 371. The van der Waals surface area contributed by atoms with Crippen LogP contribution in [0.2, 0.25) is 0 Å². The third-order valence-electron chi connectivity index (χ3n) is 2.67. The predicted molar refractivity (Wildman–Crippen MR) is 66.9 cm³/mol. The van der Waals surface area contributed by atoms with Crippen LogP contribution in [0, 0.1) is 0 Å². The molecule has 0 saturated heterocycles. The van der Waals surface area contributed by atoms with Crippen LogP contribution in [0.25, 0.3) is 0 Å². The van der Waals surface area contributed by atoms with Crippen molar-refractivity contribution < 1.29 is 14.6 Å². The highest BCUT2D eigenvalue weighted by Crippen LogP contribution is 2.14. The van der Waals surface area contributed by atoms with Gasteiger partial charge in [0.2, 0.25) is 0 Å². The van der Waals surface area contributed by atoms with E-state index >= 15 is 0 Å². The monoisotopic (exact) mass is 237 g/mol. The van der Waals surface area contributed by atoms with Crippen molar-refractivity contribution in [3.05, 3.63) is 29.8 Å². The van der Waals surface area contributed by atoms with E-state index in [1.807, 2.05) is 24.3 Å². The van der Waals surface area contributed by atoms with Crippen molar-refractivity contribution in [1.29, 1.82) is 0 Å². The number of aliphatic hydroxyl groups is 1. The Hall–Kier alpha value is -1.39. The predicted octanol–water partition coefficient (Wildman–Crippen LogP) is 1.58. The number of hydrogen-bond acceptors (Lipinski definition) is 3. The van der Waals surface area contributed by atoms with E-state index < -0.39 is 5.60 Å². The van der Waals surface area contributed by atoms with E-state index in [2.05, 4.69) is 5.32 Å². The normalized spacial score (nSPS) is 11.3. The number of amides is 1. The fraction of sp³-hybridized carbons (Fsp3) is 0.462. The lowest BCUT2D eigenvalue weighted by molar-refractivity contribution is -0.133. The number of carbonyl (C=O) groups is 1. The van der Waals surface area contributed by atoms with Crippen molar-refractivity contribution in [1.82, 2.24) is 0 Å². The molecule has 0 aliphatic rings. The van der Waals surface area contributed by atoms with E-state index in [4.69, 9.17) is 9.84 Å². The summed E-state index contributed by atoms with van der Waals surface area (Å²) < 4.78 is 5.09. The minimum Gasteiger partial charge on any atom is -0.396 e. The first-order valence-electron chi connectivity index (χ1n) is 5.56. The first-order valence-corrected chi connectivity index (χ1v) is 5.56. The van der Waals surface area contributed by atoms with Gasteiger partial charge in [-0.1, -0.05) is 12.1 Å². The molecule has 0 saturated carbocycles. The van der Waals surface area contributed by atoms with E-state index in [0.29, 0.717) is 6.42 Å². The maximum atomic E-state index is 11.8. The molecule has 0 atom stereocenters. The number of hydrogen-bond donors (Lipinski definition) is 2. The Morgan fingerprint density at radius 3 is 2.41 bits per heavy atom. The van der Waals surface area contributed by atoms with Gasteiger partial charge in [-0.15, -0.1) is 0 Å². The zero-order valence-electron chi connectivity index (χ0n) is 10.5. The molecule has 1 rings (SSSR count). The quantitative estimate of drug-likeness (QED) is 0.817. The van der Waals surface area contributed by atoms with Gasteiger partial charge in [0.1, 0.15) is 5.60 Å². The Morgan fingerprint density at radius 2 is 1.94 bits per heavy atom. The molecule has 0 spiro atoms. The lowest BCUT2D eigenvalue weighted by Gasteiger charge is -2.21. The first-order chi connectivity index (χ1) is 7.99. The average Bonchev–Trinajstić information content (AvgIpc) is 2.32. The van der Waals surface area contributed by atoms with Gasteiger partial charge in [0.25, 0.3) is 5.91 Å². The van der Waals surface area contributed by atoms with E-state index in [1.54, 1.807) is 13.8 Å². The second-order valence-corrected chi connectivity index (χ2v) is 4.34. The zero-order valence-corrected chi connectivity index (χ0v) is 10.5. The van der Waals surface area contributed by atoms with Crippen LogP contribution in [0.1, 0.15) is 19.4 Å². The van der Waals surface area contributed by atoms with Crippen molar-refractivity contribution in [3.63, 3.8) is 0 Å². The summed E-state index contributed by atoms with van der Waals surface area (Å²) in [4.78, 5) is 11.8. The molecule has 0 fully saturated rings. The number of ether oxygens (including phenoxy) is 1. The molecule has 17 heavy (non-hydrogen) atoms. The molecule has 2 N–H and O–H groups in total. The molecule has 0 heterocycles. The van der Waals surface area contributed by atoms with Crippen LogP contribution in [-0.2, 0) is 16.0 Å². The van der Waals surface area contributed by atoms with Crippen molar-refractivity contribution in [2.45, 2.75) is 25.9 Å². The number of aliphatic hydroxyl groups excluding tert-OH is 1. The number of rotatable bonds is 5. The topological polar surface area (TPSA) is 58.6 Å².